The lowest BCUT2D eigenvalue weighted by Gasteiger charge is -2.60. The average molecular weight is 573 g/mol. The Hall–Kier alpha value is -2.98. The minimum atomic E-state index is -0.570. The highest BCUT2D eigenvalue weighted by atomic mass is 79.9. The van der Waals surface area contributed by atoms with Crippen molar-refractivity contribution in [2.45, 2.75) is 44.1 Å². The fourth-order valence-electron chi connectivity index (χ4n) is 6.94. The zero-order chi connectivity index (χ0) is 25.1. The van der Waals surface area contributed by atoms with Crippen LogP contribution < -0.4 is 10.1 Å². The SMILES string of the molecule is O=C(Nc1cc(Oc2ccc(Br)cc2)cc([N+](=O)[O-])c1)C12C[C@H]3C[C@H](C1)CC(n1cnc(Cl)n1)(C3)C2. The number of nitro groups is 1. The molecule has 4 aliphatic carbocycles. The van der Waals surface area contributed by atoms with Crippen LogP contribution in [0.15, 0.2) is 53.3 Å². The Bertz CT molecular complexity index is 1350. The van der Waals surface area contributed by atoms with Gasteiger partial charge in [-0.3, -0.25) is 14.9 Å². The van der Waals surface area contributed by atoms with Gasteiger partial charge in [0.1, 0.15) is 17.8 Å². The van der Waals surface area contributed by atoms with Crippen LogP contribution in [0.1, 0.15) is 38.5 Å². The molecule has 4 aliphatic rings. The highest BCUT2D eigenvalue weighted by molar-refractivity contribution is 9.10. The molecule has 0 aliphatic heterocycles. The van der Waals surface area contributed by atoms with E-state index < -0.39 is 10.3 Å². The molecule has 1 aromatic heterocycles. The van der Waals surface area contributed by atoms with Gasteiger partial charge in [-0.1, -0.05) is 15.9 Å². The summed E-state index contributed by atoms with van der Waals surface area (Å²) in [5.41, 5.74) is -0.658. The normalized spacial score (nSPS) is 28.2. The average Bonchev–Trinajstić information content (AvgIpc) is 3.27. The van der Waals surface area contributed by atoms with Crippen LogP contribution in [0.25, 0.3) is 0 Å². The number of nitro benzene ring substituents is 1. The molecule has 0 radical (unpaired) electrons. The maximum absolute atomic E-state index is 13.8. The quantitative estimate of drug-likeness (QED) is 0.273. The molecule has 0 unspecified atom stereocenters. The fourth-order valence-corrected chi connectivity index (χ4v) is 7.33. The van der Waals surface area contributed by atoms with Crippen molar-refractivity contribution in [1.29, 1.82) is 0 Å². The van der Waals surface area contributed by atoms with Crippen LogP contribution in [0.2, 0.25) is 5.28 Å². The molecule has 4 bridgehead atoms. The molecular formula is C25H23BrClN5O4. The molecule has 4 saturated carbocycles. The van der Waals surface area contributed by atoms with Gasteiger partial charge in [0.2, 0.25) is 11.2 Å². The van der Waals surface area contributed by atoms with Gasteiger partial charge in [0.25, 0.3) is 5.69 Å². The fraction of sp³-hybridized carbons (Fsp3) is 0.400. The first-order valence-corrected chi connectivity index (χ1v) is 13.0. The molecule has 2 atom stereocenters. The molecule has 0 spiro atoms. The Morgan fingerprint density at radius 1 is 1.14 bits per heavy atom. The van der Waals surface area contributed by atoms with Crippen molar-refractivity contribution in [1.82, 2.24) is 14.8 Å². The van der Waals surface area contributed by atoms with E-state index in [1.54, 1.807) is 24.5 Å². The van der Waals surface area contributed by atoms with E-state index in [9.17, 15) is 14.9 Å². The summed E-state index contributed by atoms with van der Waals surface area (Å²) < 4.78 is 8.62. The molecule has 1 heterocycles. The van der Waals surface area contributed by atoms with Gasteiger partial charge < -0.3 is 10.1 Å². The number of benzene rings is 2. The monoisotopic (exact) mass is 571 g/mol. The van der Waals surface area contributed by atoms with E-state index in [4.69, 9.17) is 16.3 Å². The molecule has 36 heavy (non-hydrogen) atoms. The molecular weight excluding hydrogens is 550 g/mol. The Morgan fingerprint density at radius 3 is 2.50 bits per heavy atom. The molecule has 1 amide bonds. The van der Waals surface area contributed by atoms with Gasteiger partial charge >= 0.3 is 0 Å². The zero-order valence-electron chi connectivity index (χ0n) is 19.2. The van der Waals surface area contributed by atoms with E-state index in [2.05, 4.69) is 31.3 Å². The highest BCUT2D eigenvalue weighted by Crippen LogP contribution is 2.64. The summed E-state index contributed by atoms with van der Waals surface area (Å²) in [4.78, 5) is 29.1. The van der Waals surface area contributed by atoms with Gasteiger partial charge in [0, 0.05) is 16.6 Å². The van der Waals surface area contributed by atoms with Crippen LogP contribution in [-0.2, 0) is 10.3 Å². The Morgan fingerprint density at radius 2 is 1.86 bits per heavy atom. The number of nitrogens with zero attached hydrogens (tertiary/aromatic N) is 4. The largest absolute Gasteiger partial charge is 0.457 e. The summed E-state index contributed by atoms with van der Waals surface area (Å²) in [6.07, 6.45) is 6.96. The number of carbonyl (C=O) groups is 1. The van der Waals surface area contributed by atoms with E-state index in [-0.39, 0.29) is 28.2 Å². The van der Waals surface area contributed by atoms with Crippen LogP contribution in [0.4, 0.5) is 11.4 Å². The first-order chi connectivity index (χ1) is 17.2. The lowest BCUT2D eigenvalue weighted by molar-refractivity contribution is -0.384. The molecule has 186 valence electrons. The third-order valence-corrected chi connectivity index (χ3v) is 8.57. The molecule has 7 rings (SSSR count). The Balaban J connectivity index is 1.29. The van der Waals surface area contributed by atoms with Crippen molar-refractivity contribution in [2.75, 3.05) is 5.32 Å². The lowest BCUT2D eigenvalue weighted by Crippen LogP contribution is -2.60. The van der Waals surface area contributed by atoms with Gasteiger partial charge in [-0.05, 0) is 86.2 Å². The number of hydrogen-bond donors (Lipinski definition) is 1. The number of non-ortho nitro benzene ring substituents is 1. The minimum Gasteiger partial charge on any atom is -0.457 e. The van der Waals surface area contributed by atoms with Gasteiger partial charge in [0.05, 0.1) is 27.6 Å². The van der Waals surface area contributed by atoms with Crippen LogP contribution >= 0.6 is 27.5 Å². The van der Waals surface area contributed by atoms with Crippen molar-refractivity contribution in [3.8, 4) is 11.5 Å². The number of halogens is 2. The summed E-state index contributed by atoms with van der Waals surface area (Å²) in [6.45, 7) is 0. The van der Waals surface area contributed by atoms with Gasteiger partial charge in [-0.2, -0.15) is 0 Å². The number of amides is 1. The molecule has 4 fully saturated rings. The molecule has 0 saturated heterocycles. The molecule has 1 N–H and O–H groups in total. The van der Waals surface area contributed by atoms with Crippen LogP contribution in [0, 0.1) is 27.4 Å². The smallest absolute Gasteiger partial charge is 0.275 e. The maximum atomic E-state index is 13.8. The summed E-state index contributed by atoms with van der Waals surface area (Å²) in [6, 6.07) is 11.5. The minimum absolute atomic E-state index is 0.109. The lowest BCUT2D eigenvalue weighted by atomic mass is 9.46. The van der Waals surface area contributed by atoms with Gasteiger partial charge in [-0.15, -0.1) is 5.10 Å². The first-order valence-electron chi connectivity index (χ1n) is 11.8. The van der Waals surface area contributed by atoms with Crippen molar-refractivity contribution in [2.24, 2.45) is 17.3 Å². The summed E-state index contributed by atoms with van der Waals surface area (Å²) in [5, 5.41) is 19.2. The molecule has 3 aromatic rings. The van der Waals surface area contributed by atoms with Gasteiger partial charge in [0.15, 0.2) is 0 Å². The van der Waals surface area contributed by atoms with Crippen molar-refractivity contribution in [3.63, 3.8) is 0 Å². The third kappa shape index (κ3) is 4.16. The number of aromatic nitrogens is 3. The number of anilines is 1. The van der Waals surface area contributed by atoms with Crippen LogP contribution in [0.5, 0.6) is 11.5 Å². The first kappa shape index (κ1) is 23.4. The third-order valence-electron chi connectivity index (χ3n) is 7.87. The summed E-state index contributed by atoms with van der Waals surface area (Å²) in [7, 11) is 0. The zero-order valence-corrected chi connectivity index (χ0v) is 21.5. The second-order valence-corrected chi connectivity index (χ2v) is 11.7. The maximum Gasteiger partial charge on any atom is 0.275 e. The predicted molar refractivity (Wildman–Crippen MR) is 136 cm³/mol. The van der Waals surface area contributed by atoms with E-state index in [1.807, 2.05) is 16.8 Å². The van der Waals surface area contributed by atoms with Crippen molar-refractivity contribution in [3.05, 3.63) is 68.7 Å². The second-order valence-electron chi connectivity index (χ2n) is 10.4. The van der Waals surface area contributed by atoms with E-state index in [0.717, 1.165) is 36.6 Å². The Labute approximate surface area is 220 Å². The molecule has 9 nitrogen and oxygen atoms in total. The van der Waals surface area contributed by atoms with Crippen LogP contribution in [-0.4, -0.2) is 25.6 Å². The number of rotatable bonds is 6. The van der Waals surface area contributed by atoms with E-state index >= 15 is 0 Å². The molecule has 11 heteroatoms. The topological polar surface area (TPSA) is 112 Å². The van der Waals surface area contributed by atoms with Crippen molar-refractivity contribution < 1.29 is 14.5 Å². The molecule has 2 aromatic carbocycles. The number of carbonyl (C=O) groups excluding carboxylic acids is 1. The summed E-state index contributed by atoms with van der Waals surface area (Å²) in [5.74, 6) is 1.54. The predicted octanol–water partition coefficient (Wildman–Crippen LogP) is 6.33. The van der Waals surface area contributed by atoms with Crippen LogP contribution in [0.3, 0.4) is 0 Å². The van der Waals surface area contributed by atoms with Gasteiger partial charge in [-0.25, -0.2) is 9.67 Å². The summed E-state index contributed by atoms with van der Waals surface area (Å²) >= 11 is 9.41. The number of nitrogens with one attached hydrogen (secondary N) is 1. The number of ether oxygens (including phenoxy) is 1. The van der Waals surface area contributed by atoms with Crippen molar-refractivity contribution >= 4 is 44.8 Å². The van der Waals surface area contributed by atoms with E-state index in [1.165, 1.54) is 12.1 Å². The van der Waals surface area contributed by atoms with E-state index in [0.29, 0.717) is 29.7 Å². The highest BCUT2D eigenvalue weighted by Gasteiger charge is 2.61. The second kappa shape index (κ2) is 8.55. The number of hydrogen-bond acceptors (Lipinski definition) is 6. The Kier molecular flexibility index (Phi) is 5.56. The standard InChI is InChI=1S/C25H23BrClN5O4/c26-17-1-3-20(4-2-17)36-21-7-18(6-19(8-21)32(34)35)29-22(33)24-9-15-5-16(10-24)12-25(11-15,13-24)31-14-28-23(27)30-31/h1-4,6-8,14-16H,5,9-13H2,(H,29,33)/t15-,16-,24?,25?/m1/s1.